The van der Waals surface area contributed by atoms with Gasteiger partial charge in [0.2, 0.25) is 0 Å². The van der Waals surface area contributed by atoms with Crippen LogP contribution in [0.2, 0.25) is 0 Å². The molecule has 0 radical (unpaired) electrons. The highest BCUT2D eigenvalue weighted by molar-refractivity contribution is 5.94. The van der Waals surface area contributed by atoms with Gasteiger partial charge in [-0.15, -0.1) is 0 Å². The van der Waals surface area contributed by atoms with Crippen LogP contribution in [0.5, 0.6) is 5.75 Å². The highest BCUT2D eigenvalue weighted by Gasteiger charge is 2.05. The molecule has 0 fully saturated rings. The van der Waals surface area contributed by atoms with Crippen molar-refractivity contribution in [2.24, 2.45) is 7.05 Å². The van der Waals surface area contributed by atoms with Crippen LogP contribution in [0.25, 0.3) is 10.8 Å². The van der Waals surface area contributed by atoms with E-state index < -0.39 is 0 Å². The van der Waals surface area contributed by atoms with Crippen LogP contribution in [0.1, 0.15) is 0 Å². The molecule has 0 bridgehead atoms. The van der Waals surface area contributed by atoms with Crippen LogP contribution < -0.4 is 10.1 Å². The zero-order valence-electron chi connectivity index (χ0n) is 11.5. The maximum Gasteiger partial charge on any atom is 0.262 e. The second kappa shape index (κ2) is 5.62. The zero-order chi connectivity index (χ0) is 14.7. The first-order valence-electron chi connectivity index (χ1n) is 6.46. The Morgan fingerprint density at radius 1 is 1.29 bits per heavy atom. The topological polar surface area (TPSA) is 69.0 Å². The third-order valence-electron chi connectivity index (χ3n) is 2.98. The summed E-state index contributed by atoms with van der Waals surface area (Å²) in [5.41, 5.74) is 0.730. The number of hydrogen-bond donors (Lipinski definition) is 1. The molecule has 0 saturated carbocycles. The molecule has 1 N–H and O–H groups in total. The van der Waals surface area contributed by atoms with Crippen LogP contribution in [-0.2, 0) is 11.8 Å². The molecule has 0 spiro atoms. The summed E-state index contributed by atoms with van der Waals surface area (Å²) < 4.78 is 6.96. The van der Waals surface area contributed by atoms with Crippen LogP contribution in [-0.4, -0.2) is 27.3 Å². The summed E-state index contributed by atoms with van der Waals surface area (Å²) in [7, 11) is 1.79. The number of rotatable bonds is 4. The van der Waals surface area contributed by atoms with Gasteiger partial charge in [0.1, 0.15) is 0 Å². The first-order chi connectivity index (χ1) is 10.2. The van der Waals surface area contributed by atoms with Crippen molar-refractivity contribution in [1.82, 2.24) is 14.8 Å². The second-order valence-electron chi connectivity index (χ2n) is 4.62. The predicted octanol–water partition coefficient (Wildman–Crippen LogP) is 1.99. The number of amides is 1. The van der Waals surface area contributed by atoms with Gasteiger partial charge in [-0.25, -0.2) is 0 Å². The van der Waals surface area contributed by atoms with E-state index in [0.29, 0.717) is 5.75 Å². The number of aryl methyl sites for hydroxylation is 1. The lowest BCUT2D eigenvalue weighted by Crippen LogP contribution is -2.19. The summed E-state index contributed by atoms with van der Waals surface area (Å²) in [6.45, 7) is -0.0555. The van der Waals surface area contributed by atoms with Crippen LogP contribution in [0.3, 0.4) is 0 Å². The van der Waals surface area contributed by atoms with Crippen molar-refractivity contribution >= 4 is 22.4 Å². The number of benzene rings is 1. The lowest BCUT2D eigenvalue weighted by Gasteiger charge is -2.07. The monoisotopic (exact) mass is 282 g/mol. The van der Waals surface area contributed by atoms with Gasteiger partial charge < -0.3 is 10.1 Å². The molecule has 2 heterocycles. The lowest BCUT2D eigenvalue weighted by molar-refractivity contribution is -0.118. The zero-order valence-corrected chi connectivity index (χ0v) is 11.5. The molecule has 0 aliphatic carbocycles. The molecule has 6 nitrogen and oxygen atoms in total. The van der Waals surface area contributed by atoms with Crippen molar-refractivity contribution in [2.45, 2.75) is 0 Å². The number of nitrogens with zero attached hydrogens (tertiary/aromatic N) is 3. The van der Waals surface area contributed by atoms with E-state index in [0.717, 1.165) is 16.5 Å². The number of pyridine rings is 1. The first-order valence-corrected chi connectivity index (χ1v) is 6.46. The quantitative estimate of drug-likeness (QED) is 0.794. The Morgan fingerprint density at radius 2 is 2.19 bits per heavy atom. The van der Waals surface area contributed by atoms with E-state index in [1.807, 2.05) is 24.3 Å². The second-order valence-corrected chi connectivity index (χ2v) is 4.62. The average Bonchev–Trinajstić information content (AvgIpc) is 2.91. The molecule has 0 aliphatic heterocycles. The molecule has 0 aliphatic rings. The van der Waals surface area contributed by atoms with Crippen molar-refractivity contribution in [3.8, 4) is 5.75 Å². The fraction of sp³-hybridized carbons (Fsp3) is 0.133. The smallest absolute Gasteiger partial charge is 0.262 e. The molecule has 6 heteroatoms. The number of hydrogen-bond acceptors (Lipinski definition) is 4. The predicted molar refractivity (Wildman–Crippen MR) is 79.1 cm³/mol. The molecule has 3 aromatic rings. The Morgan fingerprint density at radius 3 is 3.00 bits per heavy atom. The van der Waals surface area contributed by atoms with Gasteiger partial charge in [0.25, 0.3) is 5.91 Å². The van der Waals surface area contributed by atoms with E-state index in [4.69, 9.17) is 4.74 Å². The Balaban J connectivity index is 1.63. The van der Waals surface area contributed by atoms with Gasteiger partial charge in [0, 0.05) is 30.5 Å². The molecule has 21 heavy (non-hydrogen) atoms. The maximum absolute atomic E-state index is 11.9. The van der Waals surface area contributed by atoms with E-state index in [9.17, 15) is 4.79 Å². The maximum atomic E-state index is 11.9. The third kappa shape index (κ3) is 3.17. The van der Waals surface area contributed by atoms with E-state index >= 15 is 0 Å². The normalized spacial score (nSPS) is 10.5. The van der Waals surface area contributed by atoms with E-state index in [-0.39, 0.29) is 12.5 Å². The van der Waals surface area contributed by atoms with Crippen LogP contribution in [0, 0.1) is 0 Å². The molecular formula is C15H14N4O2. The van der Waals surface area contributed by atoms with Gasteiger partial charge >= 0.3 is 0 Å². The minimum atomic E-state index is -0.216. The minimum Gasteiger partial charge on any atom is -0.480 e. The summed E-state index contributed by atoms with van der Waals surface area (Å²) in [4.78, 5) is 15.9. The van der Waals surface area contributed by atoms with Crippen LogP contribution in [0.15, 0.2) is 49.1 Å². The van der Waals surface area contributed by atoms with Crippen molar-refractivity contribution in [3.05, 3.63) is 49.1 Å². The molecular weight excluding hydrogens is 268 g/mol. The van der Waals surface area contributed by atoms with Gasteiger partial charge in [0.05, 0.1) is 12.4 Å². The van der Waals surface area contributed by atoms with Crippen molar-refractivity contribution in [3.63, 3.8) is 0 Å². The van der Waals surface area contributed by atoms with E-state index in [1.54, 1.807) is 36.5 Å². The number of ether oxygens (including phenoxy) is 1. The molecule has 1 amide bonds. The van der Waals surface area contributed by atoms with Gasteiger partial charge in [-0.1, -0.05) is 6.07 Å². The Labute approximate surface area is 121 Å². The molecule has 2 aromatic heterocycles. The van der Waals surface area contributed by atoms with E-state index in [1.165, 1.54) is 0 Å². The SMILES string of the molecule is Cn1cc(OCC(=O)Nc2ccc3cnccc3c2)cn1. The largest absolute Gasteiger partial charge is 0.480 e. The van der Waals surface area contributed by atoms with Gasteiger partial charge in [-0.2, -0.15) is 5.10 Å². The summed E-state index contributed by atoms with van der Waals surface area (Å²) >= 11 is 0. The van der Waals surface area contributed by atoms with Crippen molar-refractivity contribution < 1.29 is 9.53 Å². The van der Waals surface area contributed by atoms with Crippen LogP contribution >= 0.6 is 0 Å². The molecule has 3 rings (SSSR count). The summed E-state index contributed by atoms with van der Waals surface area (Å²) in [5, 5.41) is 8.82. The molecule has 106 valence electrons. The standard InChI is InChI=1S/C15H14N4O2/c1-19-9-14(8-17-19)21-10-15(20)18-13-3-2-12-7-16-5-4-11(12)6-13/h2-9H,10H2,1H3,(H,18,20). The number of anilines is 1. The molecule has 1 aromatic carbocycles. The average molecular weight is 282 g/mol. The number of carbonyl (C=O) groups excluding carboxylic acids is 1. The Bertz CT molecular complexity index is 782. The molecule has 0 saturated heterocycles. The third-order valence-corrected chi connectivity index (χ3v) is 2.98. The van der Waals surface area contributed by atoms with Gasteiger partial charge in [0.15, 0.2) is 12.4 Å². The number of nitrogens with one attached hydrogen (secondary N) is 1. The molecule has 0 atom stereocenters. The highest BCUT2D eigenvalue weighted by atomic mass is 16.5. The summed E-state index contributed by atoms with van der Waals surface area (Å²) in [6.07, 6.45) is 6.78. The summed E-state index contributed by atoms with van der Waals surface area (Å²) in [5.74, 6) is 0.351. The number of carbonyl (C=O) groups is 1. The van der Waals surface area contributed by atoms with Gasteiger partial charge in [-0.05, 0) is 23.6 Å². The van der Waals surface area contributed by atoms with E-state index in [2.05, 4.69) is 15.4 Å². The number of aromatic nitrogens is 3. The minimum absolute atomic E-state index is 0.0555. The molecule has 0 unspecified atom stereocenters. The lowest BCUT2D eigenvalue weighted by atomic mass is 10.1. The van der Waals surface area contributed by atoms with Crippen molar-refractivity contribution in [2.75, 3.05) is 11.9 Å². The van der Waals surface area contributed by atoms with Gasteiger partial charge in [-0.3, -0.25) is 14.5 Å². The van der Waals surface area contributed by atoms with Crippen molar-refractivity contribution in [1.29, 1.82) is 0 Å². The highest BCUT2D eigenvalue weighted by Crippen LogP contribution is 2.17. The number of fused-ring (bicyclic) bond motifs is 1. The Hall–Kier alpha value is -2.89. The summed E-state index contributed by atoms with van der Waals surface area (Å²) in [6, 6.07) is 7.56. The fourth-order valence-corrected chi connectivity index (χ4v) is 1.98. The first kappa shape index (κ1) is 13.1. The van der Waals surface area contributed by atoms with Crippen LogP contribution in [0.4, 0.5) is 5.69 Å². The fourth-order valence-electron chi connectivity index (χ4n) is 1.98. The Kier molecular flexibility index (Phi) is 3.51.